The highest BCUT2D eigenvalue weighted by molar-refractivity contribution is 9.10. The van der Waals surface area contributed by atoms with Crippen LogP contribution in [-0.2, 0) is 26.7 Å². The molecule has 2 rings (SSSR count). The van der Waals surface area contributed by atoms with Crippen LogP contribution in [0.4, 0.5) is 4.79 Å². The molecular formula is C23H30BrNO5S. The maximum atomic E-state index is 13.0. The molecule has 1 amide bonds. The Kier molecular flexibility index (Phi) is 8.54. The van der Waals surface area contributed by atoms with Crippen LogP contribution in [0, 0.1) is 0 Å². The van der Waals surface area contributed by atoms with Crippen molar-refractivity contribution in [2.45, 2.75) is 49.9 Å². The van der Waals surface area contributed by atoms with Gasteiger partial charge in [0.05, 0.1) is 12.9 Å². The fourth-order valence-electron chi connectivity index (χ4n) is 3.02. The first-order chi connectivity index (χ1) is 14.4. The van der Waals surface area contributed by atoms with E-state index in [1.165, 1.54) is 7.11 Å². The number of carbonyl (C=O) groups excluding carboxylic acids is 1. The van der Waals surface area contributed by atoms with Gasteiger partial charge in [0.2, 0.25) is 0 Å². The molecular weight excluding hydrogens is 482 g/mol. The molecule has 31 heavy (non-hydrogen) atoms. The zero-order chi connectivity index (χ0) is 23.2. The van der Waals surface area contributed by atoms with Crippen molar-refractivity contribution in [2.75, 3.05) is 20.7 Å². The van der Waals surface area contributed by atoms with Crippen molar-refractivity contribution in [1.29, 1.82) is 0 Å². The molecule has 0 saturated heterocycles. The van der Waals surface area contributed by atoms with E-state index in [0.717, 1.165) is 18.4 Å². The Morgan fingerprint density at radius 3 is 2.42 bits per heavy atom. The van der Waals surface area contributed by atoms with Gasteiger partial charge in [0.15, 0.2) is 9.84 Å². The van der Waals surface area contributed by atoms with Crippen LogP contribution in [0.25, 0.3) is 0 Å². The van der Waals surface area contributed by atoms with Crippen LogP contribution in [0.2, 0.25) is 0 Å². The molecule has 0 saturated carbocycles. The maximum Gasteiger partial charge on any atom is 0.410 e. The number of hydrogen-bond acceptors (Lipinski definition) is 5. The summed E-state index contributed by atoms with van der Waals surface area (Å²) in [5, 5.41) is 0. The lowest BCUT2D eigenvalue weighted by Crippen LogP contribution is -2.34. The minimum atomic E-state index is -3.58. The van der Waals surface area contributed by atoms with Crippen molar-refractivity contribution >= 4 is 31.9 Å². The normalized spacial score (nSPS) is 11.8. The van der Waals surface area contributed by atoms with Crippen LogP contribution in [-0.4, -0.2) is 45.7 Å². The minimum Gasteiger partial charge on any atom is -0.495 e. The van der Waals surface area contributed by atoms with Crippen molar-refractivity contribution in [2.24, 2.45) is 0 Å². The monoisotopic (exact) mass is 511 g/mol. The van der Waals surface area contributed by atoms with E-state index in [2.05, 4.69) is 15.9 Å². The van der Waals surface area contributed by atoms with Crippen LogP contribution < -0.4 is 4.74 Å². The SMILES string of the molecule is COc1ccc(Br)cc1S(=O)(=O)Cc1cccc(CCCN(C)C(=O)OC(C)(C)C)c1. The molecule has 0 radical (unpaired) electrons. The predicted molar refractivity (Wildman–Crippen MR) is 125 cm³/mol. The lowest BCUT2D eigenvalue weighted by atomic mass is 10.1. The highest BCUT2D eigenvalue weighted by Gasteiger charge is 2.21. The number of amides is 1. The Hall–Kier alpha value is -2.06. The van der Waals surface area contributed by atoms with Gasteiger partial charge in [-0.05, 0) is 62.9 Å². The van der Waals surface area contributed by atoms with Gasteiger partial charge in [-0.3, -0.25) is 0 Å². The van der Waals surface area contributed by atoms with Crippen LogP contribution in [0.15, 0.2) is 51.8 Å². The number of nitrogens with zero attached hydrogens (tertiary/aromatic N) is 1. The van der Waals surface area contributed by atoms with Gasteiger partial charge in [-0.15, -0.1) is 0 Å². The Morgan fingerprint density at radius 1 is 1.10 bits per heavy atom. The predicted octanol–water partition coefficient (Wildman–Crippen LogP) is 5.23. The van der Waals surface area contributed by atoms with Crippen LogP contribution in [0.5, 0.6) is 5.75 Å². The molecule has 2 aromatic rings. The number of methoxy groups -OCH3 is 1. The van der Waals surface area contributed by atoms with Crippen molar-refractivity contribution in [1.82, 2.24) is 4.90 Å². The average molecular weight is 512 g/mol. The van der Waals surface area contributed by atoms with Crippen LogP contribution in [0.3, 0.4) is 0 Å². The van der Waals surface area contributed by atoms with Crippen molar-refractivity contribution in [3.63, 3.8) is 0 Å². The number of ether oxygens (including phenoxy) is 2. The van der Waals surface area contributed by atoms with Gasteiger partial charge in [-0.2, -0.15) is 0 Å². The van der Waals surface area contributed by atoms with E-state index in [9.17, 15) is 13.2 Å². The van der Waals surface area contributed by atoms with Crippen LogP contribution >= 0.6 is 15.9 Å². The summed E-state index contributed by atoms with van der Waals surface area (Å²) in [5.74, 6) is 0.204. The third-order valence-corrected chi connectivity index (χ3v) is 6.67. The first-order valence-electron chi connectivity index (χ1n) is 9.99. The van der Waals surface area contributed by atoms with Gasteiger partial charge in [0.25, 0.3) is 0 Å². The van der Waals surface area contributed by atoms with E-state index in [0.29, 0.717) is 22.3 Å². The van der Waals surface area contributed by atoms with E-state index in [4.69, 9.17) is 9.47 Å². The summed E-state index contributed by atoms with van der Waals surface area (Å²) in [6, 6.07) is 12.5. The smallest absolute Gasteiger partial charge is 0.410 e. The Bertz CT molecular complexity index is 1010. The number of sulfone groups is 1. The number of aryl methyl sites for hydroxylation is 1. The van der Waals surface area contributed by atoms with Gasteiger partial charge in [0.1, 0.15) is 16.2 Å². The fourth-order valence-corrected chi connectivity index (χ4v) is 5.07. The first-order valence-corrected chi connectivity index (χ1v) is 12.4. The van der Waals surface area contributed by atoms with E-state index in [-0.39, 0.29) is 16.7 Å². The van der Waals surface area contributed by atoms with Gasteiger partial charge in [0, 0.05) is 18.1 Å². The zero-order valence-electron chi connectivity index (χ0n) is 18.6. The van der Waals surface area contributed by atoms with E-state index < -0.39 is 15.4 Å². The first kappa shape index (κ1) is 25.2. The number of hydrogen-bond donors (Lipinski definition) is 0. The van der Waals surface area contributed by atoms with Crippen molar-refractivity contribution in [3.05, 3.63) is 58.1 Å². The molecule has 0 aliphatic carbocycles. The van der Waals surface area contributed by atoms with Crippen molar-refractivity contribution in [3.8, 4) is 5.75 Å². The number of carbonyl (C=O) groups is 1. The highest BCUT2D eigenvalue weighted by Crippen LogP contribution is 2.30. The minimum absolute atomic E-state index is 0.120. The molecule has 8 heteroatoms. The molecule has 6 nitrogen and oxygen atoms in total. The maximum absolute atomic E-state index is 13.0. The highest BCUT2D eigenvalue weighted by atomic mass is 79.9. The Balaban J connectivity index is 2.02. The summed E-state index contributed by atoms with van der Waals surface area (Å²) in [4.78, 5) is 13.8. The molecule has 0 fully saturated rings. The van der Waals surface area contributed by atoms with E-state index >= 15 is 0 Å². The Labute approximate surface area is 193 Å². The number of rotatable bonds is 8. The third-order valence-electron chi connectivity index (χ3n) is 4.47. The van der Waals surface area contributed by atoms with E-state index in [1.807, 2.05) is 39.0 Å². The second kappa shape index (κ2) is 10.5. The second-order valence-electron chi connectivity index (χ2n) is 8.38. The lowest BCUT2D eigenvalue weighted by Gasteiger charge is -2.24. The second-order valence-corrected chi connectivity index (χ2v) is 11.3. The summed E-state index contributed by atoms with van der Waals surface area (Å²) >= 11 is 3.32. The summed E-state index contributed by atoms with van der Waals surface area (Å²) < 4.78 is 37.2. The molecule has 0 atom stereocenters. The summed E-state index contributed by atoms with van der Waals surface area (Å²) in [5.41, 5.74) is 1.20. The molecule has 2 aromatic carbocycles. The van der Waals surface area contributed by atoms with Gasteiger partial charge >= 0.3 is 6.09 Å². The van der Waals surface area contributed by atoms with Crippen LogP contribution in [0.1, 0.15) is 38.3 Å². The molecule has 0 aliphatic rings. The molecule has 0 bridgehead atoms. The average Bonchev–Trinajstić information content (AvgIpc) is 2.66. The molecule has 0 spiro atoms. The number of benzene rings is 2. The topological polar surface area (TPSA) is 72.9 Å². The molecule has 0 aromatic heterocycles. The summed E-state index contributed by atoms with van der Waals surface area (Å²) in [7, 11) is -0.416. The third kappa shape index (κ3) is 7.85. The molecule has 0 heterocycles. The van der Waals surface area contributed by atoms with Gasteiger partial charge in [-0.25, -0.2) is 13.2 Å². The summed E-state index contributed by atoms with van der Waals surface area (Å²) in [6.45, 7) is 6.05. The Morgan fingerprint density at radius 2 is 1.77 bits per heavy atom. The van der Waals surface area contributed by atoms with Gasteiger partial charge < -0.3 is 14.4 Å². The van der Waals surface area contributed by atoms with E-state index in [1.54, 1.807) is 36.2 Å². The zero-order valence-corrected chi connectivity index (χ0v) is 21.0. The molecule has 0 aliphatic heterocycles. The number of halogens is 1. The fraction of sp³-hybridized carbons (Fsp3) is 0.435. The summed E-state index contributed by atoms with van der Waals surface area (Å²) in [6.07, 6.45) is 1.11. The van der Waals surface area contributed by atoms with Gasteiger partial charge in [-0.1, -0.05) is 40.2 Å². The largest absolute Gasteiger partial charge is 0.495 e. The standard InChI is InChI=1S/C23H30BrNO5S/c1-23(2,3)30-22(26)25(4)13-7-10-17-8-6-9-18(14-17)16-31(27,28)21-15-19(24)11-12-20(21)29-5/h6,8-9,11-12,14-15H,7,10,13,16H2,1-5H3. The molecule has 170 valence electrons. The molecule has 0 unspecified atom stereocenters. The lowest BCUT2D eigenvalue weighted by molar-refractivity contribution is 0.0297. The van der Waals surface area contributed by atoms with Crippen molar-refractivity contribution < 1.29 is 22.7 Å². The quantitative estimate of drug-likeness (QED) is 0.484. The molecule has 0 N–H and O–H groups in total.